The lowest BCUT2D eigenvalue weighted by molar-refractivity contribution is -0.274. The van der Waals surface area contributed by atoms with E-state index in [0.29, 0.717) is 0 Å². The molecule has 1 aromatic carbocycles. The van der Waals surface area contributed by atoms with Crippen LogP contribution in [0.2, 0.25) is 0 Å². The molecule has 0 aliphatic carbocycles. The quantitative estimate of drug-likeness (QED) is 0.798. The minimum atomic E-state index is -4.75. The van der Waals surface area contributed by atoms with Crippen molar-refractivity contribution in [1.82, 2.24) is 4.98 Å². The van der Waals surface area contributed by atoms with Crippen LogP contribution in [0.15, 0.2) is 27.4 Å². The second kappa shape index (κ2) is 3.04. The number of rotatable bonds is 1. The van der Waals surface area contributed by atoms with Crippen molar-refractivity contribution in [3.63, 3.8) is 0 Å². The third-order valence-corrected chi connectivity index (χ3v) is 1.62. The van der Waals surface area contributed by atoms with E-state index in [4.69, 9.17) is 0 Å². The first-order valence-corrected chi connectivity index (χ1v) is 3.83. The number of hydrogen-bond donors (Lipinski definition) is 1. The molecule has 80 valence electrons. The Morgan fingerprint density at radius 3 is 2.73 bits per heavy atom. The zero-order valence-corrected chi connectivity index (χ0v) is 7.09. The molecule has 0 unspecified atom stereocenters. The molecule has 1 heterocycles. The van der Waals surface area contributed by atoms with E-state index in [2.05, 4.69) is 14.1 Å². The van der Waals surface area contributed by atoms with E-state index in [1.165, 1.54) is 6.07 Å². The first-order chi connectivity index (χ1) is 6.94. The maximum absolute atomic E-state index is 11.8. The molecule has 1 aromatic heterocycles. The van der Waals surface area contributed by atoms with Crippen molar-refractivity contribution in [1.29, 1.82) is 0 Å². The Hall–Kier alpha value is -1.92. The summed E-state index contributed by atoms with van der Waals surface area (Å²) in [5.74, 6) is -1.14. The van der Waals surface area contributed by atoms with Gasteiger partial charge >= 0.3 is 12.1 Å². The van der Waals surface area contributed by atoms with Gasteiger partial charge in [-0.05, 0) is 12.1 Å². The van der Waals surface area contributed by atoms with Crippen molar-refractivity contribution in [3.8, 4) is 5.75 Å². The number of aromatic amines is 1. The van der Waals surface area contributed by atoms with E-state index >= 15 is 0 Å². The normalized spacial score (nSPS) is 11.9. The van der Waals surface area contributed by atoms with Gasteiger partial charge < -0.3 is 9.15 Å². The van der Waals surface area contributed by atoms with Gasteiger partial charge in [0.15, 0.2) is 5.58 Å². The number of hydrogen-bond acceptors (Lipinski definition) is 3. The maximum Gasteiger partial charge on any atom is 0.573 e. The Morgan fingerprint density at radius 2 is 2.07 bits per heavy atom. The van der Waals surface area contributed by atoms with Gasteiger partial charge in [0.2, 0.25) is 0 Å². The molecule has 0 atom stereocenters. The Bertz CT molecular complexity index is 540. The van der Waals surface area contributed by atoms with Crippen molar-refractivity contribution >= 4 is 11.1 Å². The van der Waals surface area contributed by atoms with Crippen LogP contribution >= 0.6 is 0 Å². The molecule has 4 nitrogen and oxygen atoms in total. The molecule has 0 radical (unpaired) electrons. The van der Waals surface area contributed by atoms with E-state index in [9.17, 15) is 18.0 Å². The fourth-order valence-corrected chi connectivity index (χ4v) is 1.13. The van der Waals surface area contributed by atoms with Crippen LogP contribution in [0.4, 0.5) is 13.2 Å². The van der Waals surface area contributed by atoms with Crippen molar-refractivity contribution in [2.45, 2.75) is 6.36 Å². The lowest BCUT2D eigenvalue weighted by Gasteiger charge is -2.07. The number of halogens is 3. The predicted octanol–water partition coefficient (Wildman–Crippen LogP) is 2.02. The highest BCUT2D eigenvalue weighted by Crippen LogP contribution is 2.25. The van der Waals surface area contributed by atoms with E-state index in [1.807, 2.05) is 0 Å². The minimum Gasteiger partial charge on any atom is -0.408 e. The molecule has 0 saturated heterocycles. The van der Waals surface area contributed by atoms with Gasteiger partial charge in [-0.3, -0.25) is 4.98 Å². The topological polar surface area (TPSA) is 55.2 Å². The smallest absolute Gasteiger partial charge is 0.408 e. The molecule has 0 fully saturated rings. The van der Waals surface area contributed by atoms with Gasteiger partial charge in [0.05, 0.1) is 5.52 Å². The third-order valence-electron chi connectivity index (χ3n) is 1.62. The van der Waals surface area contributed by atoms with Crippen LogP contribution in [0.1, 0.15) is 0 Å². The summed E-state index contributed by atoms with van der Waals surface area (Å²) in [5, 5.41) is 0. The molecule has 0 saturated carbocycles. The van der Waals surface area contributed by atoms with Crippen LogP contribution in [0.5, 0.6) is 5.75 Å². The summed E-state index contributed by atoms with van der Waals surface area (Å²) in [6, 6.07) is 3.31. The second-order valence-corrected chi connectivity index (χ2v) is 2.72. The molecule has 2 rings (SSSR count). The fraction of sp³-hybridized carbons (Fsp3) is 0.125. The molecular weight excluding hydrogens is 215 g/mol. The summed E-state index contributed by atoms with van der Waals surface area (Å²) in [5.41, 5.74) is 0.330. The highest BCUT2D eigenvalue weighted by molar-refractivity contribution is 5.73. The van der Waals surface area contributed by atoms with Crippen LogP contribution in [0.3, 0.4) is 0 Å². The Balaban J connectivity index is 2.42. The molecule has 0 amide bonds. The summed E-state index contributed by atoms with van der Waals surface area (Å²) < 4.78 is 43.7. The third kappa shape index (κ3) is 2.12. The van der Waals surface area contributed by atoms with Crippen LogP contribution < -0.4 is 10.5 Å². The first kappa shape index (κ1) is 9.63. The minimum absolute atomic E-state index is 0.154. The number of nitrogens with one attached hydrogen (secondary N) is 1. The molecular formula is C8H4F3NO3. The summed E-state index contributed by atoms with van der Waals surface area (Å²) in [6.45, 7) is 0. The zero-order chi connectivity index (χ0) is 11.1. The number of oxazole rings is 1. The molecule has 0 aliphatic rings. The van der Waals surface area contributed by atoms with Gasteiger partial charge in [-0.25, -0.2) is 4.79 Å². The molecule has 15 heavy (non-hydrogen) atoms. The van der Waals surface area contributed by atoms with Crippen LogP contribution in [0.25, 0.3) is 11.1 Å². The average molecular weight is 219 g/mol. The number of aromatic nitrogens is 1. The molecule has 1 N–H and O–H groups in total. The first-order valence-electron chi connectivity index (χ1n) is 3.83. The molecule has 0 aliphatic heterocycles. The average Bonchev–Trinajstić information content (AvgIpc) is 2.40. The lowest BCUT2D eigenvalue weighted by Crippen LogP contribution is -2.16. The van der Waals surface area contributed by atoms with Gasteiger partial charge in [0.25, 0.3) is 0 Å². The van der Waals surface area contributed by atoms with Crippen molar-refractivity contribution in [2.24, 2.45) is 0 Å². The van der Waals surface area contributed by atoms with Crippen LogP contribution in [-0.2, 0) is 0 Å². The molecule has 7 heteroatoms. The van der Waals surface area contributed by atoms with Crippen LogP contribution in [-0.4, -0.2) is 11.3 Å². The Kier molecular flexibility index (Phi) is 1.95. The Morgan fingerprint density at radius 1 is 1.33 bits per heavy atom. The van der Waals surface area contributed by atoms with E-state index in [-0.39, 0.29) is 11.1 Å². The monoisotopic (exact) mass is 219 g/mol. The van der Waals surface area contributed by atoms with Gasteiger partial charge in [-0.1, -0.05) is 0 Å². The van der Waals surface area contributed by atoms with Gasteiger partial charge in [0, 0.05) is 6.07 Å². The number of benzene rings is 1. The lowest BCUT2D eigenvalue weighted by atomic mass is 10.3. The predicted molar refractivity (Wildman–Crippen MR) is 43.5 cm³/mol. The number of fused-ring (bicyclic) bond motifs is 1. The van der Waals surface area contributed by atoms with Crippen molar-refractivity contribution in [2.75, 3.05) is 0 Å². The summed E-state index contributed by atoms with van der Waals surface area (Å²) >= 11 is 0. The number of H-pyrrole nitrogens is 1. The number of ether oxygens (including phenoxy) is 1. The summed E-state index contributed by atoms with van der Waals surface area (Å²) in [4.78, 5) is 12.9. The highest BCUT2D eigenvalue weighted by Gasteiger charge is 2.31. The standard InChI is InChI=1S/C8H4F3NO3/c9-8(10,11)15-4-1-2-6-5(3-4)12-7(13)14-6/h1-3H,(H,12,13). The Labute approximate surface area is 80.3 Å². The number of alkyl halides is 3. The molecule has 2 aromatic rings. The molecule has 0 bridgehead atoms. The van der Waals surface area contributed by atoms with Crippen LogP contribution in [0, 0.1) is 0 Å². The zero-order valence-electron chi connectivity index (χ0n) is 7.09. The summed E-state index contributed by atoms with van der Waals surface area (Å²) in [7, 11) is 0. The summed E-state index contributed by atoms with van der Waals surface area (Å²) in [6.07, 6.45) is -4.75. The van der Waals surface area contributed by atoms with Gasteiger partial charge in [-0.15, -0.1) is 13.2 Å². The molecule has 0 spiro atoms. The second-order valence-electron chi connectivity index (χ2n) is 2.72. The van der Waals surface area contributed by atoms with Crippen molar-refractivity contribution in [3.05, 3.63) is 28.7 Å². The fourth-order valence-electron chi connectivity index (χ4n) is 1.13. The highest BCUT2D eigenvalue weighted by atomic mass is 19.4. The SMILES string of the molecule is O=c1[nH]c2cc(OC(F)(F)F)ccc2o1. The van der Waals surface area contributed by atoms with E-state index < -0.39 is 17.9 Å². The maximum atomic E-state index is 11.8. The largest absolute Gasteiger partial charge is 0.573 e. The van der Waals surface area contributed by atoms with E-state index in [0.717, 1.165) is 12.1 Å². The van der Waals surface area contributed by atoms with Gasteiger partial charge in [-0.2, -0.15) is 0 Å². The van der Waals surface area contributed by atoms with E-state index in [1.54, 1.807) is 0 Å². The van der Waals surface area contributed by atoms with Gasteiger partial charge in [0.1, 0.15) is 5.75 Å². The van der Waals surface area contributed by atoms with Crippen molar-refractivity contribution < 1.29 is 22.3 Å².